The van der Waals surface area contributed by atoms with Gasteiger partial charge in [-0.2, -0.15) is 0 Å². The molecule has 3 nitrogen and oxygen atoms in total. The van der Waals surface area contributed by atoms with Crippen molar-refractivity contribution in [1.82, 2.24) is 4.98 Å². The molecule has 2 rings (SSSR count). The smallest absolute Gasteiger partial charge is 0.140 e. The maximum atomic E-state index is 9.69. The Labute approximate surface area is 108 Å². The van der Waals surface area contributed by atoms with Crippen molar-refractivity contribution in [1.29, 1.82) is 0 Å². The second-order valence-electron chi connectivity index (χ2n) is 4.12. The van der Waals surface area contributed by atoms with E-state index in [4.69, 9.17) is 11.6 Å². The number of aliphatic hydroxyl groups excluding tert-OH is 1. The molecule has 16 heavy (non-hydrogen) atoms. The summed E-state index contributed by atoms with van der Waals surface area (Å²) in [6.07, 6.45) is 4.56. The van der Waals surface area contributed by atoms with Gasteiger partial charge in [0.05, 0.1) is 15.6 Å². The average molecular weight is 306 g/mol. The summed E-state index contributed by atoms with van der Waals surface area (Å²) in [7, 11) is 0. The van der Waals surface area contributed by atoms with E-state index < -0.39 is 0 Å². The van der Waals surface area contributed by atoms with Gasteiger partial charge in [0.25, 0.3) is 0 Å². The van der Waals surface area contributed by atoms with Crippen molar-refractivity contribution in [2.24, 2.45) is 5.92 Å². The van der Waals surface area contributed by atoms with Crippen LogP contribution in [0.25, 0.3) is 0 Å². The number of aliphatic hydroxyl groups is 1. The normalized spacial score (nSPS) is 24.7. The van der Waals surface area contributed by atoms with Gasteiger partial charge in [0.15, 0.2) is 0 Å². The van der Waals surface area contributed by atoms with Gasteiger partial charge in [0.2, 0.25) is 0 Å². The Morgan fingerprint density at radius 3 is 3.00 bits per heavy atom. The molecule has 5 heteroatoms. The van der Waals surface area contributed by atoms with Crippen LogP contribution in [0, 0.1) is 5.92 Å². The molecule has 88 valence electrons. The summed E-state index contributed by atoms with van der Waals surface area (Å²) in [6, 6.07) is 1.81. The number of nitrogens with zero attached hydrogens (tertiary/aromatic N) is 1. The van der Waals surface area contributed by atoms with Crippen molar-refractivity contribution < 1.29 is 5.11 Å². The lowest BCUT2D eigenvalue weighted by atomic mass is 10.1. The molecule has 2 atom stereocenters. The summed E-state index contributed by atoms with van der Waals surface area (Å²) in [4.78, 5) is 4.19. The van der Waals surface area contributed by atoms with Crippen LogP contribution in [0.2, 0.25) is 5.02 Å². The number of pyridine rings is 1. The molecule has 0 saturated heterocycles. The molecule has 0 radical (unpaired) electrons. The van der Waals surface area contributed by atoms with Gasteiger partial charge in [-0.25, -0.2) is 4.98 Å². The van der Waals surface area contributed by atoms with E-state index in [0.717, 1.165) is 36.1 Å². The standard InChI is InChI=1S/C11H14BrClN2O/c12-9-4-8(13)6-15-11(9)14-5-7-2-1-3-10(7)16/h4,6-7,10,16H,1-3,5H2,(H,14,15). The van der Waals surface area contributed by atoms with E-state index in [0.29, 0.717) is 10.9 Å². The fourth-order valence-electron chi connectivity index (χ4n) is 2.03. The molecule has 1 aromatic rings. The summed E-state index contributed by atoms with van der Waals surface area (Å²) in [5, 5.41) is 13.5. The minimum absolute atomic E-state index is 0.168. The van der Waals surface area contributed by atoms with Crippen molar-refractivity contribution in [3.63, 3.8) is 0 Å². The van der Waals surface area contributed by atoms with Crippen LogP contribution in [0.5, 0.6) is 0 Å². The number of halogens is 2. The third kappa shape index (κ3) is 2.87. The summed E-state index contributed by atoms with van der Waals surface area (Å²) >= 11 is 9.21. The molecular formula is C11H14BrClN2O. The zero-order valence-electron chi connectivity index (χ0n) is 8.79. The lowest BCUT2D eigenvalue weighted by Crippen LogP contribution is -2.22. The van der Waals surface area contributed by atoms with Crippen LogP contribution in [0.3, 0.4) is 0 Å². The Balaban J connectivity index is 1.94. The molecule has 1 aliphatic carbocycles. The molecule has 1 saturated carbocycles. The number of aromatic nitrogens is 1. The first kappa shape index (κ1) is 12.1. The van der Waals surface area contributed by atoms with Gasteiger partial charge in [0, 0.05) is 18.7 Å². The third-order valence-electron chi connectivity index (χ3n) is 2.96. The number of hydrogen-bond donors (Lipinski definition) is 2. The molecule has 1 aromatic heterocycles. The number of nitrogens with one attached hydrogen (secondary N) is 1. The molecule has 0 amide bonds. The summed E-state index contributed by atoms with van der Waals surface area (Å²) in [5.41, 5.74) is 0. The zero-order valence-corrected chi connectivity index (χ0v) is 11.1. The predicted molar refractivity (Wildman–Crippen MR) is 68.8 cm³/mol. The molecule has 2 unspecified atom stereocenters. The fourth-order valence-corrected chi connectivity index (χ4v) is 2.81. The Hall–Kier alpha value is -0.320. The number of hydrogen-bond acceptors (Lipinski definition) is 3. The van der Waals surface area contributed by atoms with Crippen molar-refractivity contribution in [3.05, 3.63) is 21.8 Å². The maximum absolute atomic E-state index is 9.69. The molecule has 1 fully saturated rings. The van der Waals surface area contributed by atoms with Crippen LogP contribution < -0.4 is 5.32 Å². The first-order chi connectivity index (χ1) is 7.66. The van der Waals surface area contributed by atoms with Gasteiger partial charge >= 0.3 is 0 Å². The lowest BCUT2D eigenvalue weighted by Gasteiger charge is -2.16. The zero-order chi connectivity index (χ0) is 11.5. The molecule has 0 aliphatic heterocycles. The molecule has 0 spiro atoms. The van der Waals surface area contributed by atoms with Crippen molar-refractivity contribution in [2.45, 2.75) is 25.4 Å². The van der Waals surface area contributed by atoms with Crippen LogP contribution in [0.4, 0.5) is 5.82 Å². The van der Waals surface area contributed by atoms with Gasteiger partial charge in [0.1, 0.15) is 5.82 Å². The average Bonchev–Trinajstić information content (AvgIpc) is 2.63. The Morgan fingerprint density at radius 1 is 1.56 bits per heavy atom. The van der Waals surface area contributed by atoms with Gasteiger partial charge in [-0.3, -0.25) is 0 Å². The van der Waals surface area contributed by atoms with Crippen molar-refractivity contribution >= 4 is 33.3 Å². The van der Waals surface area contributed by atoms with E-state index in [1.54, 1.807) is 6.20 Å². The van der Waals surface area contributed by atoms with Crippen LogP contribution in [-0.2, 0) is 0 Å². The summed E-state index contributed by atoms with van der Waals surface area (Å²) in [5.74, 6) is 1.12. The highest BCUT2D eigenvalue weighted by molar-refractivity contribution is 9.10. The quantitative estimate of drug-likeness (QED) is 0.902. The van der Waals surface area contributed by atoms with Crippen LogP contribution in [-0.4, -0.2) is 22.7 Å². The van der Waals surface area contributed by atoms with E-state index in [9.17, 15) is 5.11 Å². The number of anilines is 1. The molecular weight excluding hydrogens is 291 g/mol. The molecule has 0 bridgehead atoms. The minimum atomic E-state index is -0.168. The minimum Gasteiger partial charge on any atom is -0.393 e. The SMILES string of the molecule is OC1CCCC1CNc1ncc(Cl)cc1Br. The Morgan fingerprint density at radius 2 is 2.38 bits per heavy atom. The lowest BCUT2D eigenvalue weighted by molar-refractivity contribution is 0.138. The van der Waals surface area contributed by atoms with E-state index in [1.165, 1.54) is 0 Å². The fraction of sp³-hybridized carbons (Fsp3) is 0.545. The third-order valence-corrected chi connectivity index (χ3v) is 3.77. The summed E-state index contributed by atoms with van der Waals surface area (Å²) in [6.45, 7) is 0.758. The largest absolute Gasteiger partial charge is 0.393 e. The predicted octanol–water partition coefficient (Wildman–Crippen LogP) is 3.07. The molecule has 1 heterocycles. The maximum Gasteiger partial charge on any atom is 0.140 e. The van der Waals surface area contributed by atoms with Crippen LogP contribution in [0.1, 0.15) is 19.3 Å². The second-order valence-corrected chi connectivity index (χ2v) is 5.41. The van der Waals surface area contributed by atoms with E-state index >= 15 is 0 Å². The van der Waals surface area contributed by atoms with Gasteiger partial charge < -0.3 is 10.4 Å². The highest BCUT2D eigenvalue weighted by Crippen LogP contribution is 2.27. The van der Waals surface area contributed by atoms with Gasteiger partial charge in [-0.1, -0.05) is 18.0 Å². The Bertz CT molecular complexity index is 375. The molecule has 1 aliphatic rings. The van der Waals surface area contributed by atoms with E-state index in [1.807, 2.05) is 6.07 Å². The highest BCUT2D eigenvalue weighted by Gasteiger charge is 2.24. The van der Waals surface area contributed by atoms with Crippen molar-refractivity contribution in [2.75, 3.05) is 11.9 Å². The van der Waals surface area contributed by atoms with Gasteiger partial charge in [-0.05, 0) is 34.8 Å². The Kier molecular flexibility index (Phi) is 4.05. The first-order valence-electron chi connectivity index (χ1n) is 5.40. The van der Waals surface area contributed by atoms with Crippen LogP contribution in [0.15, 0.2) is 16.7 Å². The van der Waals surface area contributed by atoms with Gasteiger partial charge in [-0.15, -0.1) is 0 Å². The molecule has 0 aromatic carbocycles. The highest BCUT2D eigenvalue weighted by atomic mass is 79.9. The van der Waals surface area contributed by atoms with E-state index in [-0.39, 0.29) is 6.10 Å². The van der Waals surface area contributed by atoms with Crippen LogP contribution >= 0.6 is 27.5 Å². The second kappa shape index (κ2) is 5.34. The van der Waals surface area contributed by atoms with Crippen molar-refractivity contribution in [3.8, 4) is 0 Å². The first-order valence-corrected chi connectivity index (χ1v) is 6.57. The molecule has 2 N–H and O–H groups in total. The number of rotatable bonds is 3. The monoisotopic (exact) mass is 304 g/mol. The van der Waals surface area contributed by atoms with E-state index in [2.05, 4.69) is 26.2 Å². The summed E-state index contributed by atoms with van der Waals surface area (Å²) < 4.78 is 0.854. The topological polar surface area (TPSA) is 45.1 Å².